The summed E-state index contributed by atoms with van der Waals surface area (Å²) in [7, 11) is 1.63. The van der Waals surface area contributed by atoms with Crippen LogP contribution in [0.15, 0.2) is 40.7 Å². The molecule has 114 valence electrons. The first-order chi connectivity index (χ1) is 10.7. The third-order valence-corrected chi connectivity index (χ3v) is 3.63. The average molecular weight is 300 g/mol. The molecule has 1 aliphatic rings. The van der Waals surface area contributed by atoms with Crippen LogP contribution in [0.5, 0.6) is 5.75 Å². The number of hydrogen-bond donors (Lipinski definition) is 2. The minimum atomic E-state index is 0.0598. The first kappa shape index (κ1) is 14.1. The number of rotatable bonds is 4. The molecule has 0 unspecified atom stereocenters. The maximum absolute atomic E-state index is 12.0. The Morgan fingerprint density at radius 2 is 2.05 bits per heavy atom. The van der Waals surface area contributed by atoms with Crippen LogP contribution in [0, 0.1) is 0 Å². The number of nitrogens with one attached hydrogen (secondary N) is 1. The quantitative estimate of drug-likeness (QED) is 0.891. The van der Waals surface area contributed by atoms with Crippen molar-refractivity contribution in [2.24, 2.45) is 0 Å². The lowest BCUT2D eigenvalue weighted by molar-refractivity contribution is -0.115. The molecule has 1 aromatic heterocycles. The lowest BCUT2D eigenvalue weighted by Gasteiger charge is -2.22. The van der Waals surface area contributed by atoms with Crippen molar-refractivity contribution in [3.05, 3.63) is 41.6 Å². The van der Waals surface area contributed by atoms with E-state index < -0.39 is 0 Å². The zero-order valence-electron chi connectivity index (χ0n) is 12.1. The van der Waals surface area contributed by atoms with E-state index in [9.17, 15) is 4.79 Å². The summed E-state index contributed by atoms with van der Waals surface area (Å²) < 4.78 is 9.69. The van der Waals surface area contributed by atoms with Crippen LogP contribution in [-0.2, 0) is 4.79 Å². The van der Waals surface area contributed by atoms with Crippen LogP contribution in [0.1, 0.15) is 24.3 Å². The number of hydrogen-bond acceptors (Lipinski definition) is 7. The maximum Gasteiger partial charge on any atom is 0.219 e. The second-order valence-electron chi connectivity index (χ2n) is 5.14. The highest BCUT2D eigenvalue weighted by atomic mass is 16.6. The van der Waals surface area contributed by atoms with E-state index in [0.29, 0.717) is 18.7 Å². The fourth-order valence-corrected chi connectivity index (χ4v) is 2.53. The lowest BCUT2D eigenvalue weighted by atomic mass is 9.85. The summed E-state index contributed by atoms with van der Waals surface area (Å²) in [5.41, 5.74) is 7.45. The van der Waals surface area contributed by atoms with Gasteiger partial charge in [0.1, 0.15) is 5.75 Å². The van der Waals surface area contributed by atoms with Gasteiger partial charge in [-0.3, -0.25) is 4.79 Å². The van der Waals surface area contributed by atoms with Gasteiger partial charge in [0, 0.05) is 18.2 Å². The van der Waals surface area contributed by atoms with E-state index in [1.807, 2.05) is 24.3 Å². The molecule has 0 spiro atoms. The largest absolute Gasteiger partial charge is 0.497 e. The number of methoxy groups -OCH3 is 1. The van der Waals surface area contributed by atoms with Gasteiger partial charge in [0.25, 0.3) is 0 Å². The summed E-state index contributed by atoms with van der Waals surface area (Å²) in [5.74, 6) is 1.45. The molecule has 22 heavy (non-hydrogen) atoms. The Morgan fingerprint density at radius 1 is 1.27 bits per heavy atom. The van der Waals surface area contributed by atoms with E-state index in [-0.39, 0.29) is 17.5 Å². The second-order valence-corrected chi connectivity index (χ2v) is 5.14. The smallest absolute Gasteiger partial charge is 0.219 e. The number of benzene rings is 1. The topological polar surface area (TPSA) is 103 Å². The van der Waals surface area contributed by atoms with E-state index in [1.165, 1.54) is 0 Å². The number of nitrogens with zero attached hydrogens (tertiary/aromatic N) is 2. The minimum Gasteiger partial charge on any atom is -0.497 e. The van der Waals surface area contributed by atoms with Crippen molar-refractivity contribution in [1.82, 2.24) is 10.3 Å². The Labute approximate surface area is 127 Å². The van der Waals surface area contributed by atoms with Gasteiger partial charge in [0.2, 0.25) is 11.6 Å². The zero-order chi connectivity index (χ0) is 15.5. The third kappa shape index (κ3) is 2.93. The predicted octanol–water partition coefficient (Wildman–Crippen LogP) is 2.10. The van der Waals surface area contributed by atoms with Crippen LogP contribution in [0.3, 0.4) is 0 Å². The van der Waals surface area contributed by atoms with Gasteiger partial charge in [-0.25, -0.2) is 4.63 Å². The molecule has 3 rings (SSSR count). The van der Waals surface area contributed by atoms with Gasteiger partial charge in [-0.15, -0.1) is 0 Å². The molecule has 0 aliphatic heterocycles. The number of anilines is 2. The van der Waals surface area contributed by atoms with Crippen LogP contribution >= 0.6 is 0 Å². The Balaban J connectivity index is 1.77. The minimum absolute atomic E-state index is 0.0598. The Morgan fingerprint density at radius 3 is 2.68 bits per heavy atom. The van der Waals surface area contributed by atoms with Gasteiger partial charge in [0.05, 0.1) is 7.11 Å². The van der Waals surface area contributed by atoms with Crippen molar-refractivity contribution >= 4 is 17.4 Å². The van der Waals surface area contributed by atoms with Crippen molar-refractivity contribution in [3.63, 3.8) is 0 Å². The van der Waals surface area contributed by atoms with Crippen LogP contribution in [0.2, 0.25) is 0 Å². The highest BCUT2D eigenvalue weighted by molar-refractivity contribution is 5.92. The van der Waals surface area contributed by atoms with Crippen LogP contribution < -0.4 is 15.8 Å². The van der Waals surface area contributed by atoms with E-state index in [1.54, 1.807) is 13.2 Å². The van der Waals surface area contributed by atoms with E-state index in [4.69, 9.17) is 10.5 Å². The molecule has 3 N–H and O–H groups in total. The molecule has 0 saturated carbocycles. The molecular formula is C15H16N4O3. The molecule has 7 nitrogen and oxygen atoms in total. The number of carbonyl (C=O) groups excluding carboxylic acids is 1. The summed E-state index contributed by atoms with van der Waals surface area (Å²) in [6, 6.07) is 7.74. The molecule has 0 amide bonds. The molecular weight excluding hydrogens is 284 g/mol. The molecule has 1 aliphatic carbocycles. The molecule has 7 heteroatoms. The SMILES string of the molecule is COc1ccc([C@@H]2CC(=O)C=C(Nc3nonc3N)C2)cc1. The molecule has 1 atom stereocenters. The van der Waals surface area contributed by atoms with Gasteiger partial charge in [-0.1, -0.05) is 12.1 Å². The van der Waals surface area contributed by atoms with Crippen molar-refractivity contribution < 1.29 is 14.2 Å². The summed E-state index contributed by atoms with van der Waals surface area (Å²) in [5, 5.41) is 10.2. The number of nitrogen functional groups attached to an aromatic ring is 1. The number of ether oxygens (including phenoxy) is 1. The zero-order valence-corrected chi connectivity index (χ0v) is 12.1. The van der Waals surface area contributed by atoms with E-state index >= 15 is 0 Å². The molecule has 0 bridgehead atoms. The van der Waals surface area contributed by atoms with Crippen molar-refractivity contribution in [3.8, 4) is 5.75 Å². The van der Waals surface area contributed by atoms with E-state index in [0.717, 1.165) is 17.0 Å². The molecule has 0 saturated heterocycles. The lowest BCUT2D eigenvalue weighted by Crippen LogP contribution is -2.17. The standard InChI is InChI=1S/C15H16N4O3/c1-21-13-4-2-9(3-5-13)10-6-11(8-12(20)7-10)17-15-14(16)18-22-19-15/h2-5,8,10H,6-7H2,1H3,(H2,16,18)(H,17,19)/t10-/m0/s1. The summed E-state index contributed by atoms with van der Waals surface area (Å²) >= 11 is 0. The number of allylic oxidation sites excluding steroid dienone is 2. The normalized spacial score (nSPS) is 18.0. The molecule has 2 aromatic rings. The fourth-order valence-electron chi connectivity index (χ4n) is 2.53. The maximum atomic E-state index is 12.0. The van der Waals surface area contributed by atoms with Gasteiger partial charge in [0.15, 0.2) is 5.78 Å². The van der Waals surface area contributed by atoms with Crippen molar-refractivity contribution in [2.75, 3.05) is 18.2 Å². The monoisotopic (exact) mass is 300 g/mol. The third-order valence-electron chi connectivity index (χ3n) is 3.63. The number of ketones is 1. The Hall–Kier alpha value is -2.83. The first-order valence-corrected chi connectivity index (χ1v) is 6.88. The number of nitrogens with two attached hydrogens (primary N) is 1. The Kier molecular flexibility index (Phi) is 3.78. The van der Waals surface area contributed by atoms with Gasteiger partial charge in [-0.2, -0.15) is 0 Å². The number of aromatic nitrogens is 2. The second kappa shape index (κ2) is 5.88. The van der Waals surface area contributed by atoms with Gasteiger partial charge < -0.3 is 15.8 Å². The Bertz CT molecular complexity index is 706. The highest BCUT2D eigenvalue weighted by Crippen LogP contribution is 2.33. The van der Waals surface area contributed by atoms with Crippen molar-refractivity contribution in [1.29, 1.82) is 0 Å². The van der Waals surface area contributed by atoms with Crippen LogP contribution in [0.4, 0.5) is 11.6 Å². The average Bonchev–Trinajstić information content (AvgIpc) is 2.92. The van der Waals surface area contributed by atoms with E-state index in [2.05, 4.69) is 20.3 Å². The molecule has 0 radical (unpaired) electrons. The summed E-state index contributed by atoms with van der Waals surface area (Å²) in [6.45, 7) is 0. The highest BCUT2D eigenvalue weighted by Gasteiger charge is 2.23. The molecule has 0 fully saturated rings. The molecule has 1 heterocycles. The fraction of sp³-hybridized carbons (Fsp3) is 0.267. The summed E-state index contributed by atoms with van der Waals surface area (Å²) in [4.78, 5) is 12.0. The summed E-state index contributed by atoms with van der Waals surface area (Å²) in [6.07, 6.45) is 2.74. The van der Waals surface area contributed by atoms with Gasteiger partial charge >= 0.3 is 0 Å². The van der Waals surface area contributed by atoms with Gasteiger partial charge in [-0.05, 0) is 40.3 Å². The predicted molar refractivity (Wildman–Crippen MR) is 80.4 cm³/mol. The molecule has 1 aromatic carbocycles. The van der Waals surface area contributed by atoms with Crippen molar-refractivity contribution in [2.45, 2.75) is 18.8 Å². The first-order valence-electron chi connectivity index (χ1n) is 6.88. The number of carbonyl (C=O) groups is 1. The van der Waals surface area contributed by atoms with Crippen LogP contribution in [0.25, 0.3) is 0 Å². The van der Waals surface area contributed by atoms with Crippen LogP contribution in [-0.4, -0.2) is 23.2 Å².